The SMILES string of the molecule is CC[C@@]1(O)C[C@H](OC2CC(N(C)C)C(OC3CC(O)C(OC4OC(C)C(=O)C=C4N)C(C)O3)C(C)O2)c2c(cc3c(c2O)C(=O)c2c(O)cccc2C3=O)[C@H]1C(=O)OC. The number of nitrogens with two attached hydrogens (primary N) is 1. The van der Waals surface area contributed by atoms with Gasteiger partial charge in [-0.05, 0) is 59.0 Å². The van der Waals surface area contributed by atoms with Crippen LogP contribution in [0.4, 0.5) is 0 Å². The number of ether oxygens (including phenoxy) is 7. The second-order valence-electron chi connectivity index (χ2n) is 16.2. The van der Waals surface area contributed by atoms with Crippen LogP contribution in [0.2, 0.25) is 0 Å². The van der Waals surface area contributed by atoms with Crippen LogP contribution in [0, 0.1) is 0 Å². The van der Waals surface area contributed by atoms with Crippen molar-refractivity contribution in [3.05, 3.63) is 69.4 Å². The first kappa shape index (κ1) is 42.8. The molecule has 2 fully saturated rings. The van der Waals surface area contributed by atoms with Crippen LogP contribution in [0.1, 0.15) is 108 Å². The van der Waals surface area contributed by atoms with Crippen LogP contribution in [0.15, 0.2) is 36.0 Å². The van der Waals surface area contributed by atoms with Crippen molar-refractivity contribution in [1.29, 1.82) is 0 Å². The molecule has 0 bridgehead atoms. The Morgan fingerprint density at radius 2 is 1.61 bits per heavy atom. The summed E-state index contributed by atoms with van der Waals surface area (Å²) >= 11 is 0. The Labute approximate surface area is 340 Å². The van der Waals surface area contributed by atoms with Crippen LogP contribution in [0.5, 0.6) is 11.5 Å². The third-order valence-corrected chi connectivity index (χ3v) is 12.3. The highest BCUT2D eigenvalue weighted by atomic mass is 16.7. The molecule has 0 spiro atoms. The number of carbonyl (C=O) groups excluding carboxylic acids is 4. The summed E-state index contributed by atoms with van der Waals surface area (Å²) in [5.41, 5.74) is 3.52. The highest BCUT2D eigenvalue weighted by Crippen LogP contribution is 2.54. The van der Waals surface area contributed by atoms with E-state index >= 15 is 0 Å². The summed E-state index contributed by atoms with van der Waals surface area (Å²) in [6, 6.07) is 5.05. The molecule has 6 N–H and O–H groups in total. The second kappa shape index (κ2) is 16.3. The van der Waals surface area contributed by atoms with Crippen molar-refractivity contribution in [3.63, 3.8) is 0 Å². The minimum Gasteiger partial charge on any atom is -0.507 e. The topological polar surface area (TPSA) is 243 Å². The quantitative estimate of drug-likeness (QED) is 0.194. The standard InChI is InChI=1S/C42H52N2O15/c1-8-42(52)16-28(32-21(34(42)40(51)53-7)12-22-33(37(32)50)36(49)31-20(35(22)48)10-9-11-25(31)45)57-29-14-24(44(5)6)38(18(3)54-29)58-30-15-27(47)39(19(4)55-30)59-41-23(43)13-26(46)17(2)56-41/h9-13,17-19,24,27-30,34,38-39,41,45,47,50,52H,8,14-16,43H2,1-7H3/t17?,18?,19?,24?,27?,28-,29?,30?,34-,38?,39?,41?,42+/m0/s1. The smallest absolute Gasteiger partial charge is 0.316 e. The number of rotatable bonds is 9. The Kier molecular flexibility index (Phi) is 11.8. The molecule has 17 nitrogen and oxygen atoms in total. The van der Waals surface area contributed by atoms with Gasteiger partial charge in [0.25, 0.3) is 0 Å². The summed E-state index contributed by atoms with van der Waals surface area (Å²) in [5, 5.41) is 45.9. The number of aromatic hydroxyl groups is 2. The highest BCUT2D eigenvalue weighted by molar-refractivity contribution is 6.30. The van der Waals surface area contributed by atoms with Crippen LogP contribution < -0.4 is 5.73 Å². The van der Waals surface area contributed by atoms with E-state index < -0.39 is 102 Å². The molecule has 13 atom stereocenters. The van der Waals surface area contributed by atoms with E-state index in [1.165, 1.54) is 37.5 Å². The van der Waals surface area contributed by atoms with Crippen molar-refractivity contribution in [2.75, 3.05) is 21.2 Å². The molecule has 5 aliphatic rings. The lowest BCUT2D eigenvalue weighted by Gasteiger charge is -2.48. The van der Waals surface area contributed by atoms with E-state index in [0.29, 0.717) is 0 Å². The average molecular weight is 825 g/mol. The molecule has 0 saturated carbocycles. The van der Waals surface area contributed by atoms with E-state index in [1.54, 1.807) is 27.7 Å². The summed E-state index contributed by atoms with van der Waals surface area (Å²) in [6.45, 7) is 6.78. The van der Waals surface area contributed by atoms with Crippen molar-refractivity contribution in [2.45, 2.75) is 133 Å². The van der Waals surface area contributed by atoms with E-state index in [9.17, 15) is 39.6 Å². The van der Waals surface area contributed by atoms with Gasteiger partial charge in [0.15, 0.2) is 30.4 Å². The van der Waals surface area contributed by atoms with Gasteiger partial charge in [-0.15, -0.1) is 0 Å². The molecule has 2 aromatic carbocycles. The minimum atomic E-state index is -1.77. The summed E-state index contributed by atoms with van der Waals surface area (Å²) in [7, 11) is 4.88. The zero-order valence-corrected chi connectivity index (χ0v) is 33.9. The molecule has 17 heteroatoms. The maximum absolute atomic E-state index is 13.9. The maximum Gasteiger partial charge on any atom is 0.316 e. The van der Waals surface area contributed by atoms with Crippen LogP contribution in [0.3, 0.4) is 0 Å². The second-order valence-corrected chi connectivity index (χ2v) is 16.2. The van der Waals surface area contributed by atoms with Crippen molar-refractivity contribution in [1.82, 2.24) is 4.90 Å². The number of ketones is 3. The van der Waals surface area contributed by atoms with Gasteiger partial charge in [-0.25, -0.2) is 0 Å². The van der Waals surface area contributed by atoms with Gasteiger partial charge < -0.3 is 64.2 Å². The zero-order chi connectivity index (χ0) is 42.8. The fourth-order valence-electron chi connectivity index (χ4n) is 9.10. The summed E-state index contributed by atoms with van der Waals surface area (Å²) in [6.07, 6.45) is -7.25. The number of hydrogen-bond acceptors (Lipinski definition) is 17. The first-order chi connectivity index (χ1) is 27.9. The molecule has 3 heterocycles. The number of carbonyl (C=O) groups is 4. The molecule has 0 radical (unpaired) electrons. The summed E-state index contributed by atoms with van der Waals surface area (Å²) in [4.78, 5) is 55.1. The molecule has 59 heavy (non-hydrogen) atoms. The monoisotopic (exact) mass is 824 g/mol. The van der Waals surface area contributed by atoms with Crippen LogP contribution in [0.25, 0.3) is 0 Å². The van der Waals surface area contributed by atoms with Gasteiger partial charge in [-0.3, -0.25) is 19.2 Å². The molecule has 2 saturated heterocycles. The predicted octanol–water partition coefficient (Wildman–Crippen LogP) is 2.22. The Morgan fingerprint density at radius 3 is 2.25 bits per heavy atom. The van der Waals surface area contributed by atoms with Crippen molar-refractivity contribution >= 4 is 23.3 Å². The van der Waals surface area contributed by atoms with Crippen LogP contribution >= 0.6 is 0 Å². The fourth-order valence-corrected chi connectivity index (χ4v) is 9.10. The number of benzene rings is 2. The van der Waals surface area contributed by atoms with E-state index in [4.69, 9.17) is 38.9 Å². The lowest BCUT2D eigenvalue weighted by atomic mass is 9.67. The zero-order valence-electron chi connectivity index (χ0n) is 33.9. The number of fused-ring (bicyclic) bond motifs is 3. The van der Waals surface area contributed by atoms with Crippen molar-refractivity contribution < 1.29 is 72.8 Å². The molecular weight excluding hydrogens is 772 g/mol. The van der Waals surface area contributed by atoms with E-state index in [-0.39, 0.29) is 76.6 Å². The summed E-state index contributed by atoms with van der Waals surface area (Å²) in [5.74, 6) is -4.94. The normalized spacial score (nSPS) is 35.8. The van der Waals surface area contributed by atoms with Gasteiger partial charge in [-0.2, -0.15) is 0 Å². The van der Waals surface area contributed by atoms with E-state index in [2.05, 4.69) is 0 Å². The fraction of sp³-hybridized carbons (Fsp3) is 0.571. The molecule has 3 aliphatic heterocycles. The number of phenolic OH excluding ortho intramolecular Hbond substituents is 2. The van der Waals surface area contributed by atoms with Gasteiger partial charge in [-0.1, -0.05) is 19.1 Å². The number of aliphatic hydroxyl groups is 2. The minimum absolute atomic E-state index is 0.0145. The maximum atomic E-state index is 13.9. The third kappa shape index (κ3) is 7.57. The number of phenols is 2. The molecule has 320 valence electrons. The van der Waals surface area contributed by atoms with E-state index in [1.807, 2.05) is 19.0 Å². The lowest BCUT2D eigenvalue weighted by Crippen LogP contribution is -2.58. The van der Waals surface area contributed by atoms with Crippen molar-refractivity contribution in [2.24, 2.45) is 5.73 Å². The molecule has 0 amide bonds. The highest BCUT2D eigenvalue weighted by Gasteiger charge is 2.53. The Hall–Kier alpha value is -4.30. The molecule has 2 aliphatic carbocycles. The van der Waals surface area contributed by atoms with Gasteiger partial charge in [0.05, 0.1) is 54.0 Å². The third-order valence-electron chi connectivity index (χ3n) is 12.3. The Morgan fingerprint density at radius 1 is 0.932 bits per heavy atom. The molecule has 10 unspecified atom stereocenters. The van der Waals surface area contributed by atoms with E-state index in [0.717, 1.165) is 0 Å². The predicted molar refractivity (Wildman–Crippen MR) is 204 cm³/mol. The number of methoxy groups -OCH3 is 1. The molecule has 0 aromatic heterocycles. The van der Waals surface area contributed by atoms with Crippen LogP contribution in [-0.2, 0) is 42.7 Å². The number of esters is 1. The summed E-state index contributed by atoms with van der Waals surface area (Å²) < 4.78 is 42.4. The first-order valence-electron chi connectivity index (χ1n) is 19.8. The van der Waals surface area contributed by atoms with Crippen molar-refractivity contribution in [3.8, 4) is 11.5 Å². The average Bonchev–Trinajstić information content (AvgIpc) is 3.17. The molecule has 2 aromatic rings. The Bertz CT molecular complexity index is 2040. The number of likely N-dealkylation sites (N-methyl/N-ethyl adjacent to an activating group) is 1. The Balaban J connectivity index is 1.14. The van der Waals surface area contributed by atoms with Gasteiger partial charge >= 0.3 is 5.97 Å². The van der Waals surface area contributed by atoms with Crippen LogP contribution in [-0.4, -0.2) is 137 Å². The van der Waals surface area contributed by atoms with Gasteiger partial charge in [0, 0.05) is 48.1 Å². The lowest BCUT2D eigenvalue weighted by molar-refractivity contribution is -0.321. The molecular formula is C42H52N2O15. The van der Waals surface area contributed by atoms with Gasteiger partial charge in [0.2, 0.25) is 5.78 Å². The largest absolute Gasteiger partial charge is 0.507 e. The number of aliphatic hydroxyl groups excluding tert-OH is 1. The molecule has 7 rings (SSSR count). The number of hydrogen-bond donors (Lipinski definition) is 5. The first-order valence-corrected chi connectivity index (χ1v) is 19.8. The number of nitrogens with zero attached hydrogens (tertiary/aromatic N) is 1. The van der Waals surface area contributed by atoms with Gasteiger partial charge in [0.1, 0.15) is 35.7 Å².